The minimum absolute atomic E-state index is 0.0109. The molecule has 3 aromatic carbocycles. The Hall–Kier alpha value is -2.32. The molecule has 0 aliphatic heterocycles. The van der Waals surface area contributed by atoms with E-state index in [9.17, 15) is 9.65 Å². The molecule has 0 fully saturated rings. The summed E-state index contributed by atoms with van der Waals surface area (Å²) in [5.41, 5.74) is 1.68. The molecule has 0 radical (unpaired) electrons. The van der Waals surface area contributed by atoms with Gasteiger partial charge in [0.25, 0.3) is 0 Å². The molecular formula is C21H9FI2N4. The third kappa shape index (κ3) is 2.66. The first-order valence-corrected chi connectivity index (χ1v) is 10.5. The highest BCUT2D eigenvalue weighted by Crippen LogP contribution is 2.37. The Labute approximate surface area is 186 Å². The minimum atomic E-state index is -0.525. The quantitative estimate of drug-likeness (QED) is 0.188. The molecule has 28 heavy (non-hydrogen) atoms. The number of halogens is 3. The van der Waals surface area contributed by atoms with E-state index in [0.717, 1.165) is 39.7 Å². The second kappa shape index (κ2) is 6.63. The van der Waals surface area contributed by atoms with Crippen LogP contribution in [-0.2, 0) is 0 Å². The molecule has 0 saturated carbocycles. The summed E-state index contributed by atoms with van der Waals surface area (Å²) in [4.78, 5) is 11.9. The Bertz CT molecular complexity index is 1390. The largest absolute Gasteiger partial charge is 0.337 e. The Kier molecular flexibility index (Phi) is 4.21. The van der Waals surface area contributed by atoms with E-state index in [1.54, 1.807) is 0 Å². The number of nitriles is 1. The first-order chi connectivity index (χ1) is 13.6. The number of H-pyrrole nitrogens is 1. The highest BCUT2D eigenvalue weighted by molar-refractivity contribution is 14.1. The van der Waals surface area contributed by atoms with E-state index in [0.29, 0.717) is 5.82 Å². The van der Waals surface area contributed by atoms with Crippen LogP contribution in [-0.4, -0.2) is 15.0 Å². The predicted octanol–water partition coefficient (Wildman–Crippen LogP) is 6.15. The van der Waals surface area contributed by atoms with Crippen LogP contribution in [0.3, 0.4) is 0 Å². The van der Waals surface area contributed by atoms with Crippen LogP contribution in [0.25, 0.3) is 44.0 Å². The first-order valence-electron chi connectivity index (χ1n) is 8.32. The summed E-state index contributed by atoms with van der Waals surface area (Å²) in [7, 11) is 0. The second-order valence-electron chi connectivity index (χ2n) is 6.32. The van der Waals surface area contributed by atoms with Crippen molar-refractivity contribution in [2.45, 2.75) is 0 Å². The fraction of sp³-hybridized carbons (Fsp3) is 0. The van der Waals surface area contributed by atoms with Crippen LogP contribution < -0.4 is 0 Å². The molecule has 0 unspecified atom stereocenters. The lowest BCUT2D eigenvalue weighted by molar-refractivity contribution is 0.627. The third-order valence-corrected chi connectivity index (χ3v) is 6.07. The second-order valence-corrected chi connectivity index (χ2v) is 8.81. The minimum Gasteiger partial charge on any atom is -0.337 e. The Morgan fingerprint density at radius 2 is 1.61 bits per heavy atom. The SMILES string of the molecule is N#Cc1nccc(F)c1-c1nc2c3ccc(I)cc3c3cc(I)ccc3c2[nH]1. The lowest BCUT2D eigenvalue weighted by atomic mass is 10.0. The summed E-state index contributed by atoms with van der Waals surface area (Å²) in [6.45, 7) is 0. The molecule has 0 spiro atoms. The van der Waals surface area contributed by atoms with E-state index >= 15 is 0 Å². The molecule has 7 heteroatoms. The van der Waals surface area contributed by atoms with E-state index in [1.165, 1.54) is 12.3 Å². The van der Waals surface area contributed by atoms with Crippen molar-refractivity contribution in [1.82, 2.24) is 15.0 Å². The average molecular weight is 590 g/mol. The summed E-state index contributed by atoms with van der Waals surface area (Å²) in [6.07, 6.45) is 1.29. The van der Waals surface area contributed by atoms with E-state index in [-0.39, 0.29) is 11.3 Å². The molecule has 0 atom stereocenters. The zero-order valence-electron chi connectivity index (χ0n) is 14.1. The van der Waals surface area contributed by atoms with Crippen molar-refractivity contribution in [3.05, 3.63) is 67.3 Å². The number of pyridine rings is 1. The van der Waals surface area contributed by atoms with Crippen molar-refractivity contribution in [2.75, 3.05) is 0 Å². The molecule has 1 N–H and O–H groups in total. The summed E-state index contributed by atoms with van der Waals surface area (Å²) >= 11 is 4.60. The van der Waals surface area contributed by atoms with E-state index in [1.807, 2.05) is 30.3 Å². The van der Waals surface area contributed by atoms with Gasteiger partial charge in [0, 0.05) is 24.1 Å². The molecule has 5 rings (SSSR count). The highest BCUT2D eigenvalue weighted by Gasteiger charge is 2.19. The van der Waals surface area contributed by atoms with Gasteiger partial charge in [0.2, 0.25) is 0 Å². The summed E-state index contributed by atoms with van der Waals surface area (Å²) < 4.78 is 16.8. The van der Waals surface area contributed by atoms with E-state index < -0.39 is 5.82 Å². The van der Waals surface area contributed by atoms with Crippen molar-refractivity contribution >= 4 is 77.8 Å². The molecule has 0 amide bonds. The molecule has 2 heterocycles. The molecule has 0 saturated heterocycles. The number of aromatic amines is 1. The number of benzene rings is 3. The lowest BCUT2D eigenvalue weighted by Crippen LogP contribution is -1.94. The van der Waals surface area contributed by atoms with Crippen LogP contribution in [0.5, 0.6) is 0 Å². The van der Waals surface area contributed by atoms with Crippen molar-refractivity contribution in [3.8, 4) is 17.5 Å². The van der Waals surface area contributed by atoms with Gasteiger partial charge in [-0.05, 0) is 86.3 Å². The van der Waals surface area contributed by atoms with Gasteiger partial charge in [-0.2, -0.15) is 5.26 Å². The normalized spacial score (nSPS) is 11.4. The number of hydrogen-bond acceptors (Lipinski definition) is 3. The maximum atomic E-state index is 14.5. The van der Waals surface area contributed by atoms with Crippen molar-refractivity contribution in [1.29, 1.82) is 5.26 Å². The molecule has 0 aliphatic carbocycles. The van der Waals surface area contributed by atoms with Crippen molar-refractivity contribution in [3.63, 3.8) is 0 Å². The first kappa shape index (κ1) is 17.8. The third-order valence-electron chi connectivity index (χ3n) is 4.72. The van der Waals surface area contributed by atoms with Crippen LogP contribution in [0.1, 0.15) is 5.69 Å². The summed E-state index contributed by atoms with van der Waals surface area (Å²) in [6, 6.07) is 15.6. The maximum absolute atomic E-state index is 14.5. The van der Waals surface area contributed by atoms with Gasteiger partial charge in [-0.1, -0.05) is 12.1 Å². The Morgan fingerprint density at radius 1 is 0.929 bits per heavy atom. The zero-order valence-corrected chi connectivity index (χ0v) is 18.4. The fourth-order valence-corrected chi connectivity index (χ4v) is 4.52. The molecule has 5 aromatic rings. The fourth-order valence-electron chi connectivity index (χ4n) is 3.53. The smallest absolute Gasteiger partial charge is 0.154 e. The number of fused-ring (bicyclic) bond motifs is 6. The zero-order chi connectivity index (χ0) is 19.4. The van der Waals surface area contributed by atoms with Gasteiger partial charge in [-0.25, -0.2) is 14.4 Å². The van der Waals surface area contributed by atoms with Crippen LogP contribution in [0.15, 0.2) is 48.7 Å². The number of nitrogens with one attached hydrogen (secondary N) is 1. The van der Waals surface area contributed by atoms with Crippen LogP contribution in [0, 0.1) is 24.3 Å². The Morgan fingerprint density at radius 3 is 2.32 bits per heavy atom. The van der Waals surface area contributed by atoms with Crippen LogP contribution in [0.2, 0.25) is 0 Å². The van der Waals surface area contributed by atoms with Crippen molar-refractivity contribution < 1.29 is 4.39 Å². The van der Waals surface area contributed by atoms with Gasteiger partial charge in [-0.15, -0.1) is 0 Å². The molecule has 4 nitrogen and oxygen atoms in total. The number of imidazole rings is 1. The number of hydrogen-bond donors (Lipinski definition) is 1. The standard InChI is InChI=1S/C21H9FI2N4/c22-16-5-6-26-17(9-25)18(16)21-27-19-12-3-1-10(23)7-14(12)15-8-11(24)2-4-13(15)20(19)28-21/h1-8H,(H,27,28). The van der Waals surface area contributed by atoms with Gasteiger partial charge in [-0.3, -0.25) is 0 Å². The van der Waals surface area contributed by atoms with Crippen molar-refractivity contribution in [2.24, 2.45) is 0 Å². The highest BCUT2D eigenvalue weighted by atomic mass is 127. The van der Waals surface area contributed by atoms with E-state index in [2.05, 4.69) is 67.3 Å². The molecular weight excluding hydrogens is 581 g/mol. The number of aromatic nitrogens is 3. The average Bonchev–Trinajstić information content (AvgIpc) is 3.12. The van der Waals surface area contributed by atoms with Crippen LogP contribution in [0.4, 0.5) is 4.39 Å². The monoisotopic (exact) mass is 590 g/mol. The predicted molar refractivity (Wildman–Crippen MR) is 124 cm³/mol. The molecule has 2 aromatic heterocycles. The Balaban J connectivity index is 1.98. The molecule has 134 valence electrons. The lowest BCUT2D eigenvalue weighted by Gasteiger charge is -2.07. The van der Waals surface area contributed by atoms with Gasteiger partial charge in [0.1, 0.15) is 17.7 Å². The van der Waals surface area contributed by atoms with Gasteiger partial charge in [0.05, 0.1) is 16.6 Å². The maximum Gasteiger partial charge on any atom is 0.154 e. The van der Waals surface area contributed by atoms with Gasteiger partial charge < -0.3 is 4.98 Å². The summed E-state index contributed by atoms with van der Waals surface area (Å²) in [5.74, 6) is -0.216. The molecule has 0 aliphatic rings. The topological polar surface area (TPSA) is 65.4 Å². The van der Waals surface area contributed by atoms with Crippen LogP contribution >= 0.6 is 45.2 Å². The molecule has 0 bridgehead atoms. The van der Waals surface area contributed by atoms with Gasteiger partial charge >= 0.3 is 0 Å². The van der Waals surface area contributed by atoms with E-state index in [4.69, 9.17) is 4.98 Å². The number of nitrogens with zero attached hydrogens (tertiary/aromatic N) is 3. The number of rotatable bonds is 1. The van der Waals surface area contributed by atoms with Gasteiger partial charge in [0.15, 0.2) is 5.69 Å². The summed E-state index contributed by atoms with van der Waals surface area (Å²) in [5, 5.41) is 13.6.